The van der Waals surface area contributed by atoms with E-state index in [0.717, 1.165) is 16.9 Å². The molecule has 2 aromatic carbocycles. The molecule has 1 unspecified atom stereocenters. The van der Waals surface area contributed by atoms with E-state index in [9.17, 15) is 18.5 Å². The highest BCUT2D eigenvalue weighted by Crippen LogP contribution is 2.37. The zero-order valence-corrected chi connectivity index (χ0v) is 18.6. The number of rotatable bonds is 5. The number of sulfonamides is 1. The monoisotopic (exact) mass is 475 g/mol. The van der Waals surface area contributed by atoms with Gasteiger partial charge in [0.05, 0.1) is 10.6 Å². The van der Waals surface area contributed by atoms with E-state index in [-0.39, 0.29) is 21.2 Å². The summed E-state index contributed by atoms with van der Waals surface area (Å²) in [6.45, 7) is 1.88. The lowest BCUT2D eigenvalue weighted by molar-refractivity contribution is -0.384. The molecule has 0 fully saturated rings. The number of benzene rings is 2. The Kier molecular flexibility index (Phi) is 5.65. The zero-order chi connectivity index (χ0) is 22.2. The van der Waals surface area contributed by atoms with Crippen LogP contribution >= 0.6 is 23.6 Å². The number of thiocarbonyl (C=S) groups is 1. The number of nitro groups is 1. The second-order valence-corrected chi connectivity index (χ2v) is 10.2. The molecule has 1 atom stereocenters. The van der Waals surface area contributed by atoms with Crippen LogP contribution in [0.4, 0.5) is 17.1 Å². The first-order valence-electron chi connectivity index (χ1n) is 9.18. The Morgan fingerprint density at radius 1 is 1.26 bits per heavy atom. The maximum absolute atomic E-state index is 12.9. The molecular weight excluding hydrogens is 458 g/mol. The normalized spacial score (nSPS) is 15.9. The number of hydrogen-bond donors (Lipinski definition) is 2. The summed E-state index contributed by atoms with van der Waals surface area (Å²) in [6, 6.07) is 12.6. The predicted molar refractivity (Wildman–Crippen MR) is 124 cm³/mol. The summed E-state index contributed by atoms with van der Waals surface area (Å²) in [5.74, 6) is 0. The average Bonchev–Trinajstić information content (AvgIpc) is 3.21. The third kappa shape index (κ3) is 4.53. The van der Waals surface area contributed by atoms with Crippen LogP contribution in [0.15, 0.2) is 58.1 Å². The van der Waals surface area contributed by atoms with Crippen molar-refractivity contribution in [1.82, 2.24) is 0 Å². The lowest BCUT2D eigenvalue weighted by Gasteiger charge is -2.17. The van der Waals surface area contributed by atoms with Gasteiger partial charge in [0.15, 0.2) is 0 Å². The van der Waals surface area contributed by atoms with E-state index in [1.54, 1.807) is 35.7 Å². The zero-order valence-electron chi connectivity index (χ0n) is 16.2. The fourth-order valence-electron chi connectivity index (χ4n) is 3.30. The van der Waals surface area contributed by atoms with Crippen molar-refractivity contribution in [2.45, 2.75) is 23.7 Å². The molecule has 8 nitrogen and oxygen atoms in total. The molecule has 11 heteroatoms. The van der Waals surface area contributed by atoms with Crippen LogP contribution in [-0.2, 0) is 21.2 Å². The summed E-state index contributed by atoms with van der Waals surface area (Å²) in [5, 5.41) is 16.0. The van der Waals surface area contributed by atoms with Gasteiger partial charge in [0.1, 0.15) is 10.3 Å². The van der Waals surface area contributed by atoms with Gasteiger partial charge in [-0.15, -0.1) is 11.3 Å². The Morgan fingerprint density at radius 3 is 2.65 bits per heavy atom. The first-order chi connectivity index (χ1) is 14.7. The van der Waals surface area contributed by atoms with Crippen molar-refractivity contribution in [1.29, 1.82) is 0 Å². The van der Waals surface area contributed by atoms with Crippen molar-refractivity contribution in [3.05, 3.63) is 69.6 Å². The molecular formula is C20H17N3O5S3. The Labute approximate surface area is 188 Å². The number of ether oxygens (including phenoxy) is 1. The first kappa shape index (κ1) is 21.2. The highest BCUT2D eigenvalue weighted by Gasteiger charge is 2.23. The molecule has 31 heavy (non-hydrogen) atoms. The Balaban J connectivity index is 1.85. The predicted octanol–water partition coefficient (Wildman–Crippen LogP) is 4.78. The van der Waals surface area contributed by atoms with Crippen molar-refractivity contribution in [3.63, 3.8) is 0 Å². The Bertz CT molecular complexity index is 1260. The van der Waals surface area contributed by atoms with Crippen molar-refractivity contribution in [3.8, 4) is 11.1 Å². The molecule has 0 saturated heterocycles. The van der Waals surface area contributed by atoms with E-state index in [2.05, 4.69) is 10.0 Å². The van der Waals surface area contributed by atoms with Gasteiger partial charge < -0.3 is 10.1 Å². The highest BCUT2D eigenvalue weighted by molar-refractivity contribution is 7.94. The van der Waals surface area contributed by atoms with Gasteiger partial charge in [-0.05, 0) is 66.0 Å². The average molecular weight is 476 g/mol. The number of anilines is 2. The van der Waals surface area contributed by atoms with E-state index in [1.807, 2.05) is 6.92 Å². The van der Waals surface area contributed by atoms with E-state index in [4.69, 9.17) is 17.0 Å². The van der Waals surface area contributed by atoms with Crippen LogP contribution < -0.4 is 10.0 Å². The summed E-state index contributed by atoms with van der Waals surface area (Å²) in [4.78, 5) is 10.5. The van der Waals surface area contributed by atoms with Gasteiger partial charge in [-0.1, -0.05) is 6.07 Å². The fourth-order valence-corrected chi connectivity index (χ4v) is 5.64. The summed E-state index contributed by atoms with van der Waals surface area (Å²) in [6.07, 6.45) is 0.338. The number of non-ortho nitro benzene ring substituents is 1. The summed E-state index contributed by atoms with van der Waals surface area (Å²) in [7, 11) is -3.80. The van der Waals surface area contributed by atoms with E-state index in [1.165, 1.54) is 18.2 Å². The van der Waals surface area contributed by atoms with E-state index >= 15 is 0 Å². The molecule has 0 spiro atoms. The lowest BCUT2D eigenvalue weighted by Crippen LogP contribution is -2.16. The third-order valence-corrected chi connectivity index (χ3v) is 7.65. The second kappa shape index (κ2) is 8.25. The number of thiophene rings is 1. The standard InChI is InChI=1S/C20H17N3O5S3/c1-12-9-14-10-18(22-31(26,27)19-3-2-8-30-19)16(11-17(14)21-20(29)28-12)13-4-6-15(7-5-13)23(24)25/h2-8,10-12,22H,9H2,1H3,(H,21,29). The summed E-state index contributed by atoms with van der Waals surface area (Å²) >= 11 is 6.32. The van der Waals surface area contributed by atoms with Gasteiger partial charge in [0, 0.05) is 29.8 Å². The van der Waals surface area contributed by atoms with Crippen LogP contribution in [0.5, 0.6) is 0 Å². The molecule has 3 aromatic rings. The van der Waals surface area contributed by atoms with Crippen molar-refractivity contribution in [2.75, 3.05) is 10.0 Å². The maximum Gasteiger partial charge on any atom is 0.271 e. The molecule has 0 radical (unpaired) electrons. The molecule has 1 aliphatic heterocycles. The van der Waals surface area contributed by atoms with Gasteiger partial charge in [0.25, 0.3) is 20.9 Å². The minimum atomic E-state index is -3.80. The molecule has 0 bridgehead atoms. The van der Waals surface area contributed by atoms with E-state index in [0.29, 0.717) is 28.9 Å². The molecule has 2 heterocycles. The molecule has 0 amide bonds. The number of fused-ring (bicyclic) bond motifs is 1. The van der Waals surface area contributed by atoms with Crippen molar-refractivity contribution in [2.24, 2.45) is 0 Å². The Hall–Kier alpha value is -3.02. The second-order valence-electron chi connectivity index (χ2n) is 6.94. The van der Waals surface area contributed by atoms with Crippen LogP contribution in [0, 0.1) is 10.1 Å². The Morgan fingerprint density at radius 2 is 2.00 bits per heavy atom. The van der Waals surface area contributed by atoms with Crippen LogP contribution in [-0.4, -0.2) is 24.6 Å². The topological polar surface area (TPSA) is 111 Å². The molecule has 1 aliphatic rings. The van der Waals surface area contributed by atoms with Crippen LogP contribution in [0.2, 0.25) is 0 Å². The smallest absolute Gasteiger partial charge is 0.271 e. The van der Waals surface area contributed by atoms with Crippen LogP contribution in [0.1, 0.15) is 12.5 Å². The van der Waals surface area contributed by atoms with Crippen molar-refractivity contribution >= 4 is 55.8 Å². The van der Waals surface area contributed by atoms with Gasteiger partial charge in [0.2, 0.25) is 0 Å². The quantitative estimate of drug-likeness (QED) is 0.310. The fraction of sp³-hybridized carbons (Fsp3) is 0.150. The lowest BCUT2D eigenvalue weighted by atomic mass is 9.97. The third-order valence-electron chi connectivity index (χ3n) is 4.69. The number of nitrogens with one attached hydrogen (secondary N) is 2. The molecule has 0 saturated carbocycles. The van der Waals surface area contributed by atoms with Gasteiger partial charge in [-0.2, -0.15) is 0 Å². The summed E-state index contributed by atoms with van der Waals surface area (Å²) < 4.78 is 34.2. The largest absolute Gasteiger partial charge is 0.467 e. The SMILES string of the molecule is CC1Cc2cc(NS(=O)(=O)c3cccs3)c(-c3ccc([N+](=O)[O-])cc3)cc2NC(=S)O1. The maximum atomic E-state index is 12.9. The van der Waals surface area contributed by atoms with Crippen LogP contribution in [0.25, 0.3) is 11.1 Å². The van der Waals surface area contributed by atoms with Crippen molar-refractivity contribution < 1.29 is 18.1 Å². The number of hydrogen-bond acceptors (Lipinski definition) is 7. The van der Waals surface area contributed by atoms with E-state index < -0.39 is 14.9 Å². The number of nitro benzene ring substituents is 1. The minimum absolute atomic E-state index is 0.0549. The molecule has 4 rings (SSSR count). The minimum Gasteiger partial charge on any atom is -0.467 e. The van der Waals surface area contributed by atoms with Crippen LogP contribution in [0.3, 0.4) is 0 Å². The van der Waals surface area contributed by atoms with Gasteiger partial charge in [-0.25, -0.2) is 8.42 Å². The van der Waals surface area contributed by atoms with Gasteiger partial charge >= 0.3 is 0 Å². The molecule has 0 aliphatic carbocycles. The van der Waals surface area contributed by atoms with Gasteiger partial charge in [-0.3, -0.25) is 14.8 Å². The molecule has 160 valence electrons. The molecule has 1 aromatic heterocycles. The molecule has 2 N–H and O–H groups in total. The summed E-state index contributed by atoms with van der Waals surface area (Å²) in [5.41, 5.74) is 3.01. The first-order valence-corrected chi connectivity index (χ1v) is 12.0. The number of nitrogens with zero attached hydrogens (tertiary/aromatic N) is 1. The highest BCUT2D eigenvalue weighted by atomic mass is 32.2.